The summed E-state index contributed by atoms with van der Waals surface area (Å²) in [4.78, 5) is 16.9. The molecule has 1 aliphatic rings. The molecule has 3 aromatic rings. The molecule has 0 saturated carbocycles. The van der Waals surface area contributed by atoms with Gasteiger partial charge in [-0.05, 0) is 24.1 Å². The van der Waals surface area contributed by atoms with Crippen LogP contribution in [-0.4, -0.2) is 22.1 Å². The second-order valence-electron chi connectivity index (χ2n) is 5.87. The third kappa shape index (κ3) is 2.64. The molecule has 1 aliphatic carbocycles. The molecule has 4 rings (SSSR count). The number of aliphatic hydroxyl groups excluding tert-OH is 1. The van der Waals surface area contributed by atoms with E-state index < -0.39 is 12.1 Å². The van der Waals surface area contributed by atoms with Crippen molar-refractivity contribution in [3.63, 3.8) is 0 Å². The third-order valence-corrected chi connectivity index (χ3v) is 5.00. The van der Waals surface area contributed by atoms with Crippen LogP contribution >= 0.6 is 11.3 Å². The third-order valence-electron chi connectivity index (χ3n) is 4.22. The maximum atomic E-state index is 12.5. The monoisotopic (exact) mass is 340 g/mol. The van der Waals surface area contributed by atoms with Gasteiger partial charge in [-0.1, -0.05) is 24.3 Å². The minimum atomic E-state index is -0.612. The largest absolute Gasteiger partial charge is 0.462 e. The van der Waals surface area contributed by atoms with E-state index in [-0.39, 0.29) is 5.91 Å². The molecule has 2 atom stereocenters. The number of nitrogens with zero attached hydrogens (tertiary/aromatic N) is 1. The van der Waals surface area contributed by atoms with Crippen LogP contribution in [0, 0.1) is 6.92 Å². The van der Waals surface area contributed by atoms with Gasteiger partial charge in [0.2, 0.25) is 0 Å². The molecule has 24 heavy (non-hydrogen) atoms. The van der Waals surface area contributed by atoms with Crippen LogP contribution in [0.5, 0.6) is 0 Å². The highest BCUT2D eigenvalue weighted by atomic mass is 32.1. The molecule has 6 heteroatoms. The van der Waals surface area contributed by atoms with Crippen molar-refractivity contribution in [2.24, 2.45) is 0 Å². The minimum Gasteiger partial charge on any atom is -0.462 e. The Morgan fingerprint density at radius 2 is 2.25 bits per heavy atom. The van der Waals surface area contributed by atoms with Crippen molar-refractivity contribution in [1.82, 2.24) is 10.3 Å². The van der Waals surface area contributed by atoms with Gasteiger partial charge >= 0.3 is 0 Å². The lowest BCUT2D eigenvalue weighted by molar-refractivity contribution is 0.0857. The van der Waals surface area contributed by atoms with Crippen LogP contribution in [-0.2, 0) is 6.42 Å². The molecule has 0 aliphatic heterocycles. The molecule has 1 aromatic carbocycles. The van der Waals surface area contributed by atoms with Crippen molar-refractivity contribution in [1.29, 1.82) is 0 Å². The number of thiazole rings is 1. The number of fused-ring (bicyclic) bond motifs is 1. The molecule has 0 bridgehead atoms. The van der Waals surface area contributed by atoms with Gasteiger partial charge < -0.3 is 14.8 Å². The van der Waals surface area contributed by atoms with Gasteiger partial charge in [0.1, 0.15) is 12.0 Å². The fourth-order valence-electron chi connectivity index (χ4n) is 3.04. The predicted octanol–water partition coefficient (Wildman–Crippen LogP) is 3.10. The molecule has 2 N–H and O–H groups in total. The summed E-state index contributed by atoms with van der Waals surface area (Å²) < 4.78 is 5.47. The summed E-state index contributed by atoms with van der Waals surface area (Å²) in [5.74, 6) is 0.301. The zero-order valence-corrected chi connectivity index (χ0v) is 13.8. The van der Waals surface area contributed by atoms with E-state index in [4.69, 9.17) is 4.42 Å². The fourth-order valence-corrected chi connectivity index (χ4v) is 3.64. The number of rotatable bonds is 3. The zero-order valence-electron chi connectivity index (χ0n) is 13.0. The van der Waals surface area contributed by atoms with E-state index in [0.29, 0.717) is 17.7 Å². The number of hydrogen-bond donors (Lipinski definition) is 2. The Balaban J connectivity index is 1.54. The number of aryl methyl sites for hydroxylation is 1. The van der Waals surface area contributed by atoms with E-state index in [9.17, 15) is 9.90 Å². The Morgan fingerprint density at radius 3 is 3.04 bits per heavy atom. The lowest BCUT2D eigenvalue weighted by atomic mass is 10.1. The van der Waals surface area contributed by atoms with Gasteiger partial charge in [0.05, 0.1) is 22.7 Å². The van der Waals surface area contributed by atoms with Gasteiger partial charge in [0.15, 0.2) is 5.76 Å². The van der Waals surface area contributed by atoms with Crippen molar-refractivity contribution in [3.8, 4) is 11.5 Å². The number of nitrogens with one attached hydrogen (secondary N) is 1. The Kier molecular flexibility index (Phi) is 3.70. The highest BCUT2D eigenvalue weighted by Gasteiger charge is 2.32. The molecule has 0 spiro atoms. The fraction of sp³-hybridized carbons (Fsp3) is 0.222. The van der Waals surface area contributed by atoms with Crippen molar-refractivity contribution in [2.45, 2.75) is 25.5 Å². The van der Waals surface area contributed by atoms with E-state index in [2.05, 4.69) is 10.3 Å². The summed E-state index contributed by atoms with van der Waals surface area (Å²) >= 11 is 1.53. The maximum Gasteiger partial charge on any atom is 0.255 e. The van der Waals surface area contributed by atoms with Gasteiger partial charge in [0, 0.05) is 11.8 Å². The zero-order chi connectivity index (χ0) is 16.7. The summed E-state index contributed by atoms with van der Waals surface area (Å²) in [5, 5.41) is 16.0. The van der Waals surface area contributed by atoms with E-state index in [1.54, 1.807) is 6.07 Å². The molecule has 1 amide bonds. The lowest BCUT2D eigenvalue weighted by Gasteiger charge is -2.17. The number of carbonyl (C=O) groups is 1. The highest BCUT2D eigenvalue weighted by molar-refractivity contribution is 7.09. The van der Waals surface area contributed by atoms with Crippen molar-refractivity contribution in [3.05, 3.63) is 63.7 Å². The Hall–Kier alpha value is -2.44. The number of aliphatic hydroxyl groups is 1. The molecule has 122 valence electrons. The van der Waals surface area contributed by atoms with Crippen LogP contribution in [0.3, 0.4) is 0 Å². The molecule has 0 fully saturated rings. The van der Waals surface area contributed by atoms with Gasteiger partial charge in [-0.3, -0.25) is 4.79 Å². The number of carbonyl (C=O) groups excluding carboxylic acids is 1. The van der Waals surface area contributed by atoms with E-state index in [0.717, 1.165) is 21.8 Å². The van der Waals surface area contributed by atoms with Gasteiger partial charge in [-0.2, -0.15) is 0 Å². The van der Waals surface area contributed by atoms with Gasteiger partial charge in [-0.25, -0.2) is 4.98 Å². The number of hydrogen-bond acceptors (Lipinski definition) is 5. The smallest absolute Gasteiger partial charge is 0.255 e. The Morgan fingerprint density at radius 1 is 1.42 bits per heavy atom. The number of benzene rings is 1. The number of furan rings is 1. The average molecular weight is 340 g/mol. The van der Waals surface area contributed by atoms with E-state index in [1.807, 2.05) is 36.6 Å². The molecule has 0 radical (unpaired) electrons. The number of aromatic nitrogens is 1. The second-order valence-corrected chi connectivity index (χ2v) is 6.94. The number of amides is 1. The minimum absolute atomic E-state index is 0.266. The summed E-state index contributed by atoms with van der Waals surface area (Å²) in [6.07, 6.45) is 1.36. The Bertz CT molecular complexity index is 899. The van der Waals surface area contributed by atoms with Gasteiger partial charge in [0.25, 0.3) is 5.91 Å². The lowest BCUT2D eigenvalue weighted by Crippen LogP contribution is -2.33. The quantitative estimate of drug-likeness (QED) is 0.768. The highest BCUT2D eigenvalue weighted by Crippen LogP contribution is 2.32. The van der Waals surface area contributed by atoms with Gasteiger partial charge in [-0.15, -0.1) is 11.3 Å². The second kappa shape index (κ2) is 5.89. The topological polar surface area (TPSA) is 75.4 Å². The summed E-state index contributed by atoms with van der Waals surface area (Å²) in [7, 11) is 0. The molecule has 2 heterocycles. The first-order valence-corrected chi connectivity index (χ1v) is 8.57. The summed E-state index contributed by atoms with van der Waals surface area (Å²) in [6.45, 7) is 1.92. The van der Waals surface area contributed by atoms with E-state index >= 15 is 0 Å². The molecule has 0 saturated heterocycles. The predicted molar refractivity (Wildman–Crippen MR) is 90.9 cm³/mol. The first-order chi connectivity index (χ1) is 11.6. The van der Waals surface area contributed by atoms with Crippen LogP contribution in [0.1, 0.15) is 32.5 Å². The SMILES string of the molecule is Cc1nc(-c2cc(C(=O)N[C@H]3c4ccccc4C[C@H]3O)co2)cs1. The molecule has 5 nitrogen and oxygen atoms in total. The standard InChI is InChI=1S/C18H16N2O3S/c1-10-19-14(9-24-10)16-7-12(8-23-16)18(22)20-17-13-5-3-2-4-11(13)6-15(17)21/h2-5,7-9,15,17,21H,6H2,1H3,(H,20,22)/t15-,17+/m1/s1. The van der Waals surface area contributed by atoms with E-state index in [1.165, 1.54) is 17.6 Å². The van der Waals surface area contributed by atoms with Crippen LogP contribution in [0.4, 0.5) is 0 Å². The maximum absolute atomic E-state index is 12.5. The normalized spacial score (nSPS) is 19.2. The van der Waals surface area contributed by atoms with Crippen LogP contribution in [0.25, 0.3) is 11.5 Å². The summed E-state index contributed by atoms with van der Waals surface area (Å²) in [5.41, 5.74) is 3.19. The van der Waals surface area contributed by atoms with Crippen LogP contribution < -0.4 is 5.32 Å². The molecule has 0 unspecified atom stereocenters. The summed E-state index contributed by atoms with van der Waals surface area (Å²) in [6, 6.07) is 9.05. The molecular weight excluding hydrogens is 324 g/mol. The van der Waals surface area contributed by atoms with Crippen LogP contribution in [0.15, 0.2) is 46.4 Å². The first kappa shape index (κ1) is 15.1. The Labute approximate surface area is 143 Å². The van der Waals surface area contributed by atoms with Crippen molar-refractivity contribution in [2.75, 3.05) is 0 Å². The molecular formula is C18H16N2O3S. The average Bonchev–Trinajstić information content (AvgIpc) is 3.27. The van der Waals surface area contributed by atoms with Crippen LogP contribution in [0.2, 0.25) is 0 Å². The molecule has 2 aromatic heterocycles. The van der Waals surface area contributed by atoms with Crippen molar-refractivity contribution < 1.29 is 14.3 Å². The van der Waals surface area contributed by atoms with Crippen molar-refractivity contribution >= 4 is 17.2 Å². The first-order valence-electron chi connectivity index (χ1n) is 7.69.